The molecule has 1 fully saturated rings. The first kappa shape index (κ1) is 16.6. The van der Waals surface area contributed by atoms with Crippen molar-refractivity contribution in [3.63, 3.8) is 0 Å². The second kappa shape index (κ2) is 8.62. The summed E-state index contributed by atoms with van der Waals surface area (Å²) < 4.78 is 11.4. The lowest BCUT2D eigenvalue weighted by Crippen LogP contribution is -2.19. The van der Waals surface area contributed by atoms with Gasteiger partial charge in [0, 0.05) is 19.1 Å². The van der Waals surface area contributed by atoms with E-state index < -0.39 is 0 Å². The van der Waals surface area contributed by atoms with Gasteiger partial charge in [-0.2, -0.15) is 0 Å². The Balaban J connectivity index is 1.83. The Morgan fingerprint density at radius 3 is 3.00 bits per heavy atom. The van der Waals surface area contributed by atoms with Crippen molar-refractivity contribution >= 4 is 11.6 Å². The summed E-state index contributed by atoms with van der Waals surface area (Å²) in [4.78, 5) is 0. The highest BCUT2D eigenvalue weighted by atomic mass is 35.5. The van der Waals surface area contributed by atoms with Crippen LogP contribution in [0.4, 0.5) is 0 Å². The Hall–Kier alpha value is -0.770. The van der Waals surface area contributed by atoms with E-state index in [0.29, 0.717) is 23.8 Å². The Bertz CT molecular complexity index is 433. The van der Waals surface area contributed by atoms with E-state index in [4.69, 9.17) is 21.1 Å². The van der Waals surface area contributed by atoms with Gasteiger partial charge in [-0.05, 0) is 50.4 Å². The number of hydrogen-bond donors (Lipinski definition) is 1. The first-order chi connectivity index (χ1) is 10.2. The second-order valence-electron chi connectivity index (χ2n) is 5.64. The molecule has 1 saturated heterocycles. The van der Waals surface area contributed by atoms with Crippen LogP contribution in [0.3, 0.4) is 0 Å². The summed E-state index contributed by atoms with van der Waals surface area (Å²) in [7, 11) is 0. The van der Waals surface area contributed by atoms with Gasteiger partial charge in [-0.1, -0.05) is 24.6 Å². The molecule has 2 rings (SSSR count). The summed E-state index contributed by atoms with van der Waals surface area (Å²) in [6.07, 6.45) is 4.75. The summed E-state index contributed by atoms with van der Waals surface area (Å²) in [5, 5.41) is 4.14. The lowest BCUT2D eigenvalue weighted by molar-refractivity contribution is 0.0903. The van der Waals surface area contributed by atoms with Crippen LogP contribution in [0.25, 0.3) is 0 Å². The van der Waals surface area contributed by atoms with Crippen molar-refractivity contribution in [2.45, 2.75) is 51.7 Å². The predicted molar refractivity (Wildman–Crippen MR) is 87.2 cm³/mol. The standard InChI is InChI=1S/C17H26ClNO2/c1-3-9-19-13(2)14-6-7-17(16(18)12-14)21-11-8-15-5-4-10-20-15/h6-7,12-13,15,19H,3-5,8-11H2,1-2H3. The lowest BCUT2D eigenvalue weighted by atomic mass is 10.1. The van der Waals surface area contributed by atoms with Crippen LogP contribution in [-0.2, 0) is 4.74 Å². The monoisotopic (exact) mass is 311 g/mol. The average Bonchev–Trinajstić information content (AvgIpc) is 2.99. The fourth-order valence-electron chi connectivity index (χ4n) is 2.55. The molecular formula is C17H26ClNO2. The molecular weight excluding hydrogens is 286 g/mol. The summed E-state index contributed by atoms with van der Waals surface area (Å²) in [6.45, 7) is 6.88. The fraction of sp³-hybridized carbons (Fsp3) is 0.647. The molecule has 0 spiro atoms. The molecule has 0 aliphatic carbocycles. The number of halogens is 1. The molecule has 1 aliphatic rings. The van der Waals surface area contributed by atoms with E-state index in [1.54, 1.807) is 0 Å². The SMILES string of the molecule is CCCNC(C)c1ccc(OCCC2CCCO2)c(Cl)c1. The molecule has 1 heterocycles. The normalized spacial score (nSPS) is 19.7. The Kier molecular flexibility index (Phi) is 6.81. The van der Waals surface area contributed by atoms with Crippen LogP contribution in [0.1, 0.15) is 51.1 Å². The molecule has 2 atom stereocenters. The van der Waals surface area contributed by atoms with Crippen LogP contribution in [0, 0.1) is 0 Å². The van der Waals surface area contributed by atoms with E-state index >= 15 is 0 Å². The molecule has 4 heteroatoms. The van der Waals surface area contributed by atoms with Gasteiger partial charge in [0.15, 0.2) is 0 Å². The van der Waals surface area contributed by atoms with Crippen molar-refractivity contribution in [2.75, 3.05) is 19.8 Å². The van der Waals surface area contributed by atoms with Gasteiger partial charge in [0.2, 0.25) is 0 Å². The smallest absolute Gasteiger partial charge is 0.137 e. The summed E-state index contributed by atoms with van der Waals surface area (Å²) in [5.74, 6) is 0.765. The zero-order valence-corrected chi connectivity index (χ0v) is 13.8. The van der Waals surface area contributed by atoms with E-state index in [9.17, 15) is 0 Å². The highest BCUT2D eigenvalue weighted by Crippen LogP contribution is 2.28. The molecule has 0 amide bonds. The molecule has 0 aromatic heterocycles. The molecule has 1 N–H and O–H groups in total. The maximum atomic E-state index is 6.32. The summed E-state index contributed by atoms with van der Waals surface area (Å²) >= 11 is 6.32. The highest BCUT2D eigenvalue weighted by Gasteiger charge is 2.15. The number of ether oxygens (including phenoxy) is 2. The molecule has 0 radical (unpaired) electrons. The van der Waals surface area contributed by atoms with Gasteiger partial charge in [0.05, 0.1) is 17.7 Å². The zero-order chi connectivity index (χ0) is 15.1. The van der Waals surface area contributed by atoms with E-state index in [1.165, 1.54) is 12.0 Å². The van der Waals surface area contributed by atoms with E-state index in [0.717, 1.165) is 38.2 Å². The van der Waals surface area contributed by atoms with Crippen molar-refractivity contribution in [3.8, 4) is 5.75 Å². The van der Waals surface area contributed by atoms with Gasteiger partial charge in [-0.25, -0.2) is 0 Å². The maximum Gasteiger partial charge on any atom is 0.137 e. The number of benzene rings is 1. The zero-order valence-electron chi connectivity index (χ0n) is 13.0. The van der Waals surface area contributed by atoms with Gasteiger partial charge < -0.3 is 14.8 Å². The van der Waals surface area contributed by atoms with Gasteiger partial charge in [0.1, 0.15) is 5.75 Å². The lowest BCUT2D eigenvalue weighted by Gasteiger charge is -2.16. The number of hydrogen-bond acceptors (Lipinski definition) is 3. The van der Waals surface area contributed by atoms with Crippen molar-refractivity contribution in [2.24, 2.45) is 0 Å². The topological polar surface area (TPSA) is 30.5 Å². The van der Waals surface area contributed by atoms with Crippen molar-refractivity contribution < 1.29 is 9.47 Å². The number of rotatable bonds is 8. The largest absolute Gasteiger partial charge is 0.492 e. The third-order valence-electron chi connectivity index (χ3n) is 3.88. The third-order valence-corrected chi connectivity index (χ3v) is 4.17. The van der Waals surface area contributed by atoms with Crippen LogP contribution in [-0.4, -0.2) is 25.9 Å². The van der Waals surface area contributed by atoms with Crippen LogP contribution in [0.5, 0.6) is 5.75 Å². The van der Waals surface area contributed by atoms with Gasteiger partial charge in [-0.15, -0.1) is 0 Å². The van der Waals surface area contributed by atoms with Crippen LogP contribution in [0.2, 0.25) is 5.02 Å². The molecule has 118 valence electrons. The highest BCUT2D eigenvalue weighted by molar-refractivity contribution is 6.32. The van der Waals surface area contributed by atoms with E-state index in [-0.39, 0.29) is 0 Å². The fourth-order valence-corrected chi connectivity index (χ4v) is 2.80. The Morgan fingerprint density at radius 2 is 2.33 bits per heavy atom. The molecule has 0 saturated carbocycles. The maximum absolute atomic E-state index is 6.32. The second-order valence-corrected chi connectivity index (χ2v) is 6.05. The number of nitrogens with one attached hydrogen (secondary N) is 1. The molecule has 21 heavy (non-hydrogen) atoms. The van der Waals surface area contributed by atoms with E-state index in [2.05, 4.69) is 25.2 Å². The Morgan fingerprint density at radius 1 is 1.48 bits per heavy atom. The molecule has 1 aromatic carbocycles. The van der Waals surface area contributed by atoms with Crippen LogP contribution >= 0.6 is 11.6 Å². The average molecular weight is 312 g/mol. The predicted octanol–water partition coefficient (Wildman–Crippen LogP) is 4.35. The van der Waals surface area contributed by atoms with Crippen LogP contribution in [0.15, 0.2) is 18.2 Å². The molecule has 1 aromatic rings. The summed E-state index contributed by atoms with van der Waals surface area (Å²) in [6, 6.07) is 6.36. The van der Waals surface area contributed by atoms with Crippen molar-refractivity contribution in [3.05, 3.63) is 28.8 Å². The minimum absolute atomic E-state index is 0.309. The molecule has 3 nitrogen and oxygen atoms in total. The minimum atomic E-state index is 0.309. The third kappa shape index (κ3) is 5.17. The molecule has 1 aliphatic heterocycles. The Labute approximate surface area is 133 Å². The quantitative estimate of drug-likeness (QED) is 0.774. The van der Waals surface area contributed by atoms with Gasteiger partial charge >= 0.3 is 0 Å². The van der Waals surface area contributed by atoms with Crippen molar-refractivity contribution in [1.82, 2.24) is 5.32 Å². The summed E-state index contributed by atoms with van der Waals surface area (Å²) in [5.41, 5.74) is 1.19. The van der Waals surface area contributed by atoms with Gasteiger partial charge in [0.25, 0.3) is 0 Å². The minimum Gasteiger partial charge on any atom is -0.492 e. The molecule has 2 unspecified atom stereocenters. The molecule has 0 bridgehead atoms. The van der Waals surface area contributed by atoms with E-state index in [1.807, 2.05) is 12.1 Å². The first-order valence-corrected chi connectivity index (χ1v) is 8.35. The van der Waals surface area contributed by atoms with Crippen molar-refractivity contribution in [1.29, 1.82) is 0 Å². The van der Waals surface area contributed by atoms with Gasteiger partial charge in [-0.3, -0.25) is 0 Å². The van der Waals surface area contributed by atoms with Crippen LogP contribution < -0.4 is 10.1 Å². The first-order valence-electron chi connectivity index (χ1n) is 7.98.